The lowest BCUT2D eigenvalue weighted by molar-refractivity contribution is -0.121. The second-order valence-corrected chi connectivity index (χ2v) is 5.98. The molecular formula is C13H26N2O. The molecule has 0 saturated heterocycles. The molecule has 2 unspecified atom stereocenters. The van der Waals surface area contributed by atoms with Gasteiger partial charge in [0.05, 0.1) is 0 Å². The van der Waals surface area contributed by atoms with Crippen molar-refractivity contribution in [3.8, 4) is 0 Å². The van der Waals surface area contributed by atoms with E-state index in [4.69, 9.17) is 5.73 Å². The van der Waals surface area contributed by atoms with E-state index in [0.29, 0.717) is 13.0 Å². The number of hydrogen-bond donors (Lipinski definition) is 2. The highest BCUT2D eigenvalue weighted by Crippen LogP contribution is 2.36. The van der Waals surface area contributed by atoms with Gasteiger partial charge in [-0.05, 0) is 43.1 Å². The average Bonchev–Trinajstić information content (AvgIpc) is 2.89. The first-order valence-corrected chi connectivity index (χ1v) is 6.41. The van der Waals surface area contributed by atoms with Crippen molar-refractivity contribution < 1.29 is 4.79 Å². The minimum Gasteiger partial charge on any atom is -0.356 e. The quantitative estimate of drug-likeness (QED) is 0.697. The predicted octanol–water partition coefficient (Wildman–Crippen LogP) is 1.91. The number of amides is 1. The molecule has 2 atom stereocenters. The fourth-order valence-corrected chi connectivity index (χ4v) is 1.98. The summed E-state index contributed by atoms with van der Waals surface area (Å²) in [6, 6.07) is 0. The van der Waals surface area contributed by atoms with Crippen LogP contribution >= 0.6 is 0 Å². The van der Waals surface area contributed by atoms with Gasteiger partial charge >= 0.3 is 0 Å². The van der Waals surface area contributed by atoms with Crippen molar-refractivity contribution in [1.82, 2.24) is 5.32 Å². The summed E-state index contributed by atoms with van der Waals surface area (Å²) in [5.41, 5.74) is 5.74. The number of rotatable bonds is 7. The Hall–Kier alpha value is -0.570. The first kappa shape index (κ1) is 13.5. The van der Waals surface area contributed by atoms with E-state index in [1.807, 2.05) is 0 Å². The number of carbonyl (C=O) groups excluding carboxylic acids is 1. The maximum absolute atomic E-state index is 11.6. The molecule has 3 nitrogen and oxygen atoms in total. The molecule has 3 N–H and O–H groups in total. The summed E-state index contributed by atoms with van der Waals surface area (Å²) in [6.45, 7) is 8.17. The summed E-state index contributed by atoms with van der Waals surface area (Å²) in [4.78, 5) is 11.6. The Balaban J connectivity index is 2.09. The maximum atomic E-state index is 11.6. The molecule has 1 fully saturated rings. The third-order valence-electron chi connectivity index (χ3n) is 3.69. The standard InChI is InChI=1S/C13H26N2O/c1-10-8-11(10)9-15-12(16)4-5-13(2,3)6-7-14/h10-11H,4-9,14H2,1-3H3,(H,15,16). The van der Waals surface area contributed by atoms with Crippen LogP contribution in [0.4, 0.5) is 0 Å². The van der Waals surface area contributed by atoms with Gasteiger partial charge in [-0.1, -0.05) is 20.8 Å². The van der Waals surface area contributed by atoms with E-state index in [9.17, 15) is 4.79 Å². The Morgan fingerprint density at radius 2 is 2.06 bits per heavy atom. The van der Waals surface area contributed by atoms with Crippen LogP contribution in [0.2, 0.25) is 0 Å². The van der Waals surface area contributed by atoms with E-state index in [-0.39, 0.29) is 11.3 Å². The van der Waals surface area contributed by atoms with Gasteiger partial charge in [0.15, 0.2) is 0 Å². The molecule has 0 aliphatic heterocycles. The normalized spacial score (nSPS) is 24.2. The van der Waals surface area contributed by atoms with Crippen LogP contribution < -0.4 is 11.1 Å². The van der Waals surface area contributed by atoms with Gasteiger partial charge in [-0.3, -0.25) is 4.79 Å². The topological polar surface area (TPSA) is 55.1 Å². The molecule has 1 aliphatic carbocycles. The largest absolute Gasteiger partial charge is 0.356 e. The molecule has 0 radical (unpaired) electrons. The molecule has 0 aromatic rings. The fourth-order valence-electron chi connectivity index (χ4n) is 1.98. The van der Waals surface area contributed by atoms with E-state index in [2.05, 4.69) is 26.1 Å². The van der Waals surface area contributed by atoms with E-state index in [1.54, 1.807) is 0 Å². The smallest absolute Gasteiger partial charge is 0.220 e. The SMILES string of the molecule is CC1CC1CNC(=O)CCC(C)(C)CCN. The van der Waals surface area contributed by atoms with Crippen LogP contribution in [-0.2, 0) is 4.79 Å². The van der Waals surface area contributed by atoms with Crippen LogP contribution in [0, 0.1) is 17.3 Å². The molecule has 0 spiro atoms. The maximum Gasteiger partial charge on any atom is 0.220 e. The summed E-state index contributed by atoms with van der Waals surface area (Å²) in [7, 11) is 0. The fraction of sp³-hybridized carbons (Fsp3) is 0.923. The zero-order chi connectivity index (χ0) is 12.2. The van der Waals surface area contributed by atoms with E-state index >= 15 is 0 Å². The van der Waals surface area contributed by atoms with Crippen molar-refractivity contribution in [2.45, 2.75) is 46.5 Å². The first-order chi connectivity index (χ1) is 7.44. The van der Waals surface area contributed by atoms with Crippen molar-refractivity contribution in [3.63, 3.8) is 0 Å². The van der Waals surface area contributed by atoms with Crippen molar-refractivity contribution in [3.05, 3.63) is 0 Å². The van der Waals surface area contributed by atoms with Gasteiger partial charge in [0, 0.05) is 13.0 Å². The van der Waals surface area contributed by atoms with Gasteiger partial charge in [0.25, 0.3) is 0 Å². The highest BCUT2D eigenvalue weighted by Gasteiger charge is 2.32. The summed E-state index contributed by atoms with van der Waals surface area (Å²) in [5, 5.41) is 3.02. The molecule has 1 aliphatic rings. The van der Waals surface area contributed by atoms with Crippen LogP contribution in [0.1, 0.15) is 46.5 Å². The second-order valence-electron chi connectivity index (χ2n) is 5.98. The summed E-state index contributed by atoms with van der Waals surface area (Å²) >= 11 is 0. The minimum atomic E-state index is 0.193. The zero-order valence-corrected chi connectivity index (χ0v) is 10.9. The van der Waals surface area contributed by atoms with Gasteiger partial charge in [-0.15, -0.1) is 0 Å². The molecule has 1 amide bonds. The summed E-state index contributed by atoms with van der Waals surface area (Å²) in [6.07, 6.45) is 3.82. The number of carbonyl (C=O) groups is 1. The Kier molecular flexibility index (Phi) is 4.78. The highest BCUT2D eigenvalue weighted by atomic mass is 16.1. The second kappa shape index (κ2) is 5.67. The summed E-state index contributed by atoms with van der Waals surface area (Å²) in [5.74, 6) is 1.75. The molecule has 0 aromatic carbocycles. The number of nitrogens with two attached hydrogens (primary N) is 1. The lowest BCUT2D eigenvalue weighted by Gasteiger charge is -2.23. The van der Waals surface area contributed by atoms with Gasteiger partial charge in [0.1, 0.15) is 0 Å². The van der Waals surface area contributed by atoms with Crippen molar-refractivity contribution in [2.75, 3.05) is 13.1 Å². The molecular weight excluding hydrogens is 200 g/mol. The molecule has 94 valence electrons. The molecule has 0 aromatic heterocycles. The highest BCUT2D eigenvalue weighted by molar-refractivity contribution is 5.75. The number of hydrogen-bond acceptors (Lipinski definition) is 2. The lowest BCUT2D eigenvalue weighted by Crippen LogP contribution is -2.27. The minimum absolute atomic E-state index is 0.193. The van der Waals surface area contributed by atoms with E-state index < -0.39 is 0 Å². The zero-order valence-electron chi connectivity index (χ0n) is 10.9. The molecule has 1 saturated carbocycles. The molecule has 3 heteroatoms. The van der Waals surface area contributed by atoms with Gasteiger partial charge in [-0.25, -0.2) is 0 Å². The first-order valence-electron chi connectivity index (χ1n) is 6.41. The lowest BCUT2D eigenvalue weighted by atomic mass is 9.84. The van der Waals surface area contributed by atoms with Crippen LogP contribution in [0.25, 0.3) is 0 Å². The van der Waals surface area contributed by atoms with Crippen LogP contribution in [-0.4, -0.2) is 19.0 Å². The Labute approximate surface area is 99.2 Å². The Morgan fingerprint density at radius 1 is 1.44 bits per heavy atom. The third-order valence-corrected chi connectivity index (χ3v) is 3.69. The predicted molar refractivity (Wildman–Crippen MR) is 67.0 cm³/mol. The van der Waals surface area contributed by atoms with E-state index in [1.165, 1.54) is 6.42 Å². The average molecular weight is 226 g/mol. The van der Waals surface area contributed by atoms with Gasteiger partial charge < -0.3 is 11.1 Å². The third kappa shape index (κ3) is 4.97. The van der Waals surface area contributed by atoms with Crippen molar-refractivity contribution in [1.29, 1.82) is 0 Å². The van der Waals surface area contributed by atoms with Crippen molar-refractivity contribution >= 4 is 5.91 Å². The number of nitrogens with one attached hydrogen (secondary N) is 1. The van der Waals surface area contributed by atoms with Gasteiger partial charge in [0.2, 0.25) is 5.91 Å². The molecule has 16 heavy (non-hydrogen) atoms. The van der Waals surface area contributed by atoms with Crippen molar-refractivity contribution in [2.24, 2.45) is 23.0 Å². The van der Waals surface area contributed by atoms with E-state index in [0.717, 1.165) is 31.2 Å². The summed E-state index contributed by atoms with van der Waals surface area (Å²) < 4.78 is 0. The molecule has 1 rings (SSSR count). The Bertz CT molecular complexity index is 238. The molecule has 0 bridgehead atoms. The monoisotopic (exact) mass is 226 g/mol. The van der Waals surface area contributed by atoms with Crippen LogP contribution in [0.15, 0.2) is 0 Å². The van der Waals surface area contributed by atoms with Crippen LogP contribution in [0.5, 0.6) is 0 Å². The van der Waals surface area contributed by atoms with Gasteiger partial charge in [-0.2, -0.15) is 0 Å². The molecule has 0 heterocycles. The van der Waals surface area contributed by atoms with Crippen LogP contribution in [0.3, 0.4) is 0 Å². The Morgan fingerprint density at radius 3 is 2.56 bits per heavy atom.